The summed E-state index contributed by atoms with van der Waals surface area (Å²) in [6.45, 7) is 3.62. The SMILES string of the molecule is O=C(CSc1nnnn1-c1cc(C(F)(F)F)ccc1Cl)Nc1ccc(-c2ccc(OCCN3CCCCC3)cc2)c(F)c1Cl. The molecular weight excluding hydrogens is 643 g/mol. The highest BCUT2D eigenvalue weighted by molar-refractivity contribution is 7.99. The van der Waals surface area contributed by atoms with Gasteiger partial charge in [-0.15, -0.1) is 5.10 Å². The Morgan fingerprint density at radius 2 is 1.77 bits per heavy atom. The maximum absolute atomic E-state index is 15.3. The van der Waals surface area contributed by atoms with Gasteiger partial charge in [-0.25, -0.2) is 4.39 Å². The van der Waals surface area contributed by atoms with Gasteiger partial charge in [-0.2, -0.15) is 17.9 Å². The number of rotatable bonds is 10. The first-order valence-electron chi connectivity index (χ1n) is 13.6. The second kappa shape index (κ2) is 14.1. The number of benzene rings is 3. The van der Waals surface area contributed by atoms with Gasteiger partial charge in [0, 0.05) is 12.1 Å². The maximum atomic E-state index is 15.3. The molecule has 8 nitrogen and oxygen atoms in total. The van der Waals surface area contributed by atoms with Crippen molar-refractivity contribution in [2.75, 3.05) is 37.3 Å². The molecule has 4 aromatic rings. The van der Waals surface area contributed by atoms with Gasteiger partial charge in [0.2, 0.25) is 11.1 Å². The summed E-state index contributed by atoms with van der Waals surface area (Å²) in [4.78, 5) is 15.1. The Bertz CT molecular complexity index is 1610. The molecule has 0 atom stereocenters. The Balaban J connectivity index is 1.19. The van der Waals surface area contributed by atoms with Gasteiger partial charge in [0.25, 0.3) is 0 Å². The van der Waals surface area contributed by atoms with Crippen molar-refractivity contribution < 1.29 is 27.1 Å². The van der Waals surface area contributed by atoms with Gasteiger partial charge in [0.1, 0.15) is 17.4 Å². The van der Waals surface area contributed by atoms with Gasteiger partial charge < -0.3 is 10.1 Å². The van der Waals surface area contributed by atoms with E-state index in [2.05, 4.69) is 25.7 Å². The van der Waals surface area contributed by atoms with Crippen molar-refractivity contribution in [3.63, 3.8) is 0 Å². The third-order valence-electron chi connectivity index (χ3n) is 6.92. The molecular formula is C29H26Cl2F4N6O2S. The largest absolute Gasteiger partial charge is 0.492 e. The number of carbonyl (C=O) groups is 1. The molecule has 0 saturated carbocycles. The lowest BCUT2D eigenvalue weighted by atomic mass is 10.0. The van der Waals surface area contributed by atoms with Crippen molar-refractivity contribution in [3.05, 3.63) is 76.0 Å². The number of ether oxygens (including phenoxy) is 1. The number of thioether (sulfide) groups is 1. The van der Waals surface area contributed by atoms with Crippen LogP contribution in [0.1, 0.15) is 24.8 Å². The fourth-order valence-electron chi connectivity index (χ4n) is 4.66. The molecule has 1 aromatic heterocycles. The lowest BCUT2D eigenvalue weighted by molar-refractivity contribution is -0.137. The molecule has 0 spiro atoms. The van der Waals surface area contributed by atoms with Crippen LogP contribution in [0.2, 0.25) is 10.0 Å². The van der Waals surface area contributed by atoms with Crippen LogP contribution in [0.5, 0.6) is 5.75 Å². The molecule has 0 aliphatic carbocycles. The fourth-order valence-corrected chi connectivity index (χ4v) is 5.76. The summed E-state index contributed by atoms with van der Waals surface area (Å²) in [6, 6.07) is 12.7. The van der Waals surface area contributed by atoms with E-state index in [4.69, 9.17) is 27.9 Å². The molecule has 2 heterocycles. The Hall–Kier alpha value is -3.39. The fraction of sp³-hybridized carbons (Fsp3) is 0.310. The number of likely N-dealkylation sites (tertiary alicyclic amines) is 1. The number of halogens is 6. The van der Waals surface area contributed by atoms with E-state index in [1.807, 2.05) is 0 Å². The number of piperidine rings is 1. The Kier molecular flexibility index (Phi) is 10.3. The number of nitrogens with zero attached hydrogens (tertiary/aromatic N) is 5. The number of anilines is 1. The molecule has 1 N–H and O–H groups in total. The van der Waals surface area contributed by atoms with E-state index in [0.29, 0.717) is 17.9 Å². The van der Waals surface area contributed by atoms with Crippen LogP contribution in [-0.4, -0.2) is 63.0 Å². The number of amides is 1. The standard InChI is InChI=1S/C29H26Cl2F4N6O2S/c30-22-10-6-19(29(33,34)35)16-24(22)41-28(37-38-39-41)44-17-25(42)36-23-11-9-21(27(32)26(23)31)18-4-7-20(8-5-18)43-15-14-40-12-2-1-3-13-40/h4-11,16H,1-3,12-15,17H2,(H,36,42). The molecule has 1 aliphatic rings. The monoisotopic (exact) mass is 668 g/mol. The lowest BCUT2D eigenvalue weighted by Crippen LogP contribution is -2.33. The molecule has 232 valence electrons. The van der Waals surface area contributed by atoms with E-state index in [0.717, 1.165) is 54.3 Å². The van der Waals surface area contributed by atoms with E-state index in [-0.39, 0.29) is 37.9 Å². The summed E-state index contributed by atoms with van der Waals surface area (Å²) in [5.74, 6) is -0.852. The molecule has 3 aromatic carbocycles. The minimum absolute atomic E-state index is 0.0195. The highest BCUT2D eigenvalue weighted by atomic mass is 35.5. The molecule has 1 fully saturated rings. The summed E-state index contributed by atoms with van der Waals surface area (Å²) < 4.78 is 61.7. The number of nitrogens with one attached hydrogen (secondary N) is 1. The summed E-state index contributed by atoms with van der Waals surface area (Å²) in [6.07, 6.45) is -0.892. The molecule has 1 amide bonds. The Morgan fingerprint density at radius 1 is 1.02 bits per heavy atom. The summed E-state index contributed by atoms with van der Waals surface area (Å²) in [5.41, 5.74) is -0.154. The number of alkyl halides is 3. The van der Waals surface area contributed by atoms with Crippen LogP contribution in [0.3, 0.4) is 0 Å². The van der Waals surface area contributed by atoms with Gasteiger partial charge in [0.05, 0.1) is 27.7 Å². The van der Waals surface area contributed by atoms with E-state index in [9.17, 15) is 18.0 Å². The third kappa shape index (κ3) is 7.81. The van der Waals surface area contributed by atoms with Crippen LogP contribution in [-0.2, 0) is 11.0 Å². The van der Waals surface area contributed by atoms with Gasteiger partial charge >= 0.3 is 6.18 Å². The normalized spacial score (nSPS) is 14.0. The number of tetrazole rings is 1. The molecule has 44 heavy (non-hydrogen) atoms. The van der Waals surface area contributed by atoms with Crippen molar-refractivity contribution in [3.8, 4) is 22.6 Å². The summed E-state index contributed by atoms with van der Waals surface area (Å²) in [5, 5.41) is 13.2. The molecule has 0 unspecified atom stereocenters. The first-order chi connectivity index (χ1) is 21.1. The highest BCUT2D eigenvalue weighted by Gasteiger charge is 2.31. The minimum atomic E-state index is -4.60. The van der Waals surface area contributed by atoms with E-state index in [1.165, 1.54) is 31.4 Å². The number of hydrogen-bond donors (Lipinski definition) is 1. The molecule has 5 rings (SSSR count). The highest BCUT2D eigenvalue weighted by Crippen LogP contribution is 2.35. The van der Waals surface area contributed by atoms with Gasteiger partial charge in [-0.05, 0) is 84.4 Å². The molecule has 0 bridgehead atoms. The maximum Gasteiger partial charge on any atom is 0.416 e. The quantitative estimate of drug-likeness (QED) is 0.139. The number of aromatic nitrogens is 4. The van der Waals surface area contributed by atoms with Crippen LogP contribution in [0.4, 0.5) is 23.2 Å². The lowest BCUT2D eigenvalue weighted by Gasteiger charge is -2.26. The molecule has 15 heteroatoms. The second-order valence-electron chi connectivity index (χ2n) is 9.94. The smallest absolute Gasteiger partial charge is 0.416 e. The van der Waals surface area contributed by atoms with Crippen molar-refractivity contribution in [2.24, 2.45) is 0 Å². The van der Waals surface area contributed by atoms with Crippen LogP contribution < -0.4 is 10.1 Å². The van der Waals surface area contributed by atoms with Crippen LogP contribution in [0.25, 0.3) is 16.8 Å². The first-order valence-corrected chi connectivity index (χ1v) is 15.4. The summed E-state index contributed by atoms with van der Waals surface area (Å²) >= 11 is 13.2. The zero-order chi connectivity index (χ0) is 31.3. The zero-order valence-corrected chi connectivity index (χ0v) is 25.4. The predicted octanol–water partition coefficient (Wildman–Crippen LogP) is 7.39. The topological polar surface area (TPSA) is 85.2 Å². The predicted molar refractivity (Wildman–Crippen MR) is 161 cm³/mol. The third-order valence-corrected chi connectivity index (χ3v) is 8.53. The second-order valence-corrected chi connectivity index (χ2v) is 11.7. The summed E-state index contributed by atoms with van der Waals surface area (Å²) in [7, 11) is 0. The Morgan fingerprint density at radius 3 is 2.50 bits per heavy atom. The Labute approximate surface area is 264 Å². The van der Waals surface area contributed by atoms with E-state index >= 15 is 4.39 Å². The molecule has 1 aliphatic heterocycles. The first kappa shape index (κ1) is 32.0. The van der Waals surface area contributed by atoms with Crippen molar-refractivity contribution >= 4 is 46.6 Å². The minimum Gasteiger partial charge on any atom is -0.492 e. The van der Waals surface area contributed by atoms with Crippen LogP contribution in [0, 0.1) is 5.82 Å². The van der Waals surface area contributed by atoms with Crippen LogP contribution in [0.15, 0.2) is 59.8 Å². The van der Waals surface area contributed by atoms with Gasteiger partial charge in [-0.3, -0.25) is 9.69 Å². The number of hydrogen-bond acceptors (Lipinski definition) is 7. The molecule has 0 radical (unpaired) electrons. The van der Waals surface area contributed by atoms with Gasteiger partial charge in [0.15, 0.2) is 5.82 Å². The molecule has 1 saturated heterocycles. The van der Waals surface area contributed by atoms with E-state index < -0.39 is 23.5 Å². The average molecular weight is 670 g/mol. The number of carbonyl (C=O) groups excluding carboxylic acids is 1. The van der Waals surface area contributed by atoms with Crippen molar-refractivity contribution in [2.45, 2.75) is 30.6 Å². The van der Waals surface area contributed by atoms with Crippen molar-refractivity contribution in [1.29, 1.82) is 0 Å². The van der Waals surface area contributed by atoms with Crippen molar-refractivity contribution in [1.82, 2.24) is 25.1 Å². The van der Waals surface area contributed by atoms with E-state index in [1.54, 1.807) is 24.3 Å². The average Bonchev–Trinajstić information content (AvgIpc) is 3.48. The zero-order valence-electron chi connectivity index (χ0n) is 23.1. The van der Waals surface area contributed by atoms with Crippen LogP contribution >= 0.6 is 35.0 Å². The van der Waals surface area contributed by atoms with Gasteiger partial charge in [-0.1, -0.05) is 53.5 Å².